The lowest BCUT2D eigenvalue weighted by molar-refractivity contribution is -0.123. The minimum absolute atomic E-state index is 0.144. The number of rotatable bonds is 7. The maximum Gasteiger partial charge on any atom is 0.329 e. The third kappa shape index (κ3) is 5.73. The molecule has 0 aliphatic carbocycles. The van der Waals surface area contributed by atoms with Crippen LogP contribution in [-0.2, 0) is 17.9 Å². The first-order valence-electron chi connectivity index (χ1n) is 10.6. The number of hydrogen-bond acceptors (Lipinski definition) is 4. The molecule has 3 amide bonds. The fourth-order valence-corrected chi connectivity index (χ4v) is 4.22. The SMILES string of the molecule is COc1cc(/C=C2/NC(=O)N(Cc3cccc(C)c3)C2=O)cc(Cl)c1OCc1ccc(Cl)c(Cl)c1. The van der Waals surface area contributed by atoms with Crippen molar-refractivity contribution in [1.82, 2.24) is 10.2 Å². The molecule has 180 valence electrons. The predicted octanol–water partition coefficient (Wildman–Crippen LogP) is 6.64. The lowest BCUT2D eigenvalue weighted by Crippen LogP contribution is -2.30. The molecule has 0 spiro atoms. The maximum atomic E-state index is 12.9. The summed E-state index contributed by atoms with van der Waals surface area (Å²) in [6.45, 7) is 2.32. The quantitative estimate of drug-likeness (QED) is 0.274. The summed E-state index contributed by atoms with van der Waals surface area (Å²) in [5, 5.41) is 3.78. The third-order valence-electron chi connectivity index (χ3n) is 5.32. The van der Waals surface area contributed by atoms with Crippen LogP contribution in [0.2, 0.25) is 15.1 Å². The van der Waals surface area contributed by atoms with Crippen LogP contribution < -0.4 is 14.8 Å². The molecule has 1 aliphatic rings. The summed E-state index contributed by atoms with van der Waals surface area (Å²) in [7, 11) is 1.49. The van der Waals surface area contributed by atoms with Crippen LogP contribution in [0.1, 0.15) is 22.3 Å². The lowest BCUT2D eigenvalue weighted by Gasteiger charge is -2.14. The summed E-state index contributed by atoms with van der Waals surface area (Å²) in [6.07, 6.45) is 1.55. The van der Waals surface area contributed by atoms with Crippen LogP contribution in [-0.4, -0.2) is 23.9 Å². The van der Waals surface area contributed by atoms with Gasteiger partial charge < -0.3 is 14.8 Å². The number of nitrogens with zero attached hydrogens (tertiary/aromatic N) is 1. The number of amides is 3. The van der Waals surface area contributed by atoms with Crippen LogP contribution in [0.15, 0.2) is 60.3 Å². The molecule has 1 N–H and O–H groups in total. The Kier molecular flexibility index (Phi) is 7.55. The molecule has 1 saturated heterocycles. The Morgan fingerprint density at radius 2 is 1.74 bits per heavy atom. The van der Waals surface area contributed by atoms with E-state index in [1.165, 1.54) is 7.11 Å². The van der Waals surface area contributed by atoms with E-state index in [1.807, 2.05) is 31.2 Å². The first-order valence-corrected chi connectivity index (χ1v) is 11.7. The van der Waals surface area contributed by atoms with Gasteiger partial charge in [0.25, 0.3) is 5.91 Å². The number of imide groups is 1. The van der Waals surface area contributed by atoms with Crippen LogP contribution >= 0.6 is 34.8 Å². The molecule has 3 aromatic rings. The van der Waals surface area contributed by atoms with Crippen molar-refractivity contribution in [3.63, 3.8) is 0 Å². The molecule has 0 saturated carbocycles. The average Bonchev–Trinajstić information content (AvgIpc) is 3.07. The summed E-state index contributed by atoms with van der Waals surface area (Å²) in [5.41, 5.74) is 3.42. The normalized spacial score (nSPS) is 14.4. The first kappa shape index (κ1) is 24.9. The summed E-state index contributed by atoms with van der Waals surface area (Å²) >= 11 is 18.5. The van der Waals surface area contributed by atoms with E-state index < -0.39 is 11.9 Å². The smallest absolute Gasteiger partial charge is 0.329 e. The summed E-state index contributed by atoms with van der Waals surface area (Å²) < 4.78 is 11.3. The molecule has 9 heteroatoms. The zero-order valence-corrected chi connectivity index (χ0v) is 21.2. The Morgan fingerprint density at radius 1 is 0.943 bits per heavy atom. The number of carbonyl (C=O) groups is 2. The van der Waals surface area contributed by atoms with Crippen molar-refractivity contribution in [1.29, 1.82) is 0 Å². The molecular weight excluding hydrogens is 511 g/mol. The van der Waals surface area contributed by atoms with E-state index >= 15 is 0 Å². The van der Waals surface area contributed by atoms with Gasteiger partial charge in [-0.15, -0.1) is 0 Å². The van der Waals surface area contributed by atoms with Gasteiger partial charge >= 0.3 is 6.03 Å². The molecule has 0 aromatic heterocycles. The monoisotopic (exact) mass is 530 g/mol. The highest BCUT2D eigenvalue weighted by Crippen LogP contribution is 2.38. The van der Waals surface area contributed by atoms with Gasteiger partial charge in [0.2, 0.25) is 0 Å². The molecule has 1 aliphatic heterocycles. The fourth-order valence-electron chi connectivity index (χ4n) is 3.62. The highest BCUT2D eigenvalue weighted by atomic mass is 35.5. The van der Waals surface area contributed by atoms with Crippen molar-refractivity contribution in [3.05, 3.63) is 97.6 Å². The Hall–Kier alpha value is -3.19. The van der Waals surface area contributed by atoms with Gasteiger partial charge in [0.15, 0.2) is 11.5 Å². The van der Waals surface area contributed by atoms with Crippen molar-refractivity contribution < 1.29 is 19.1 Å². The van der Waals surface area contributed by atoms with Crippen LogP contribution in [0.4, 0.5) is 4.79 Å². The van der Waals surface area contributed by atoms with Crippen molar-refractivity contribution in [2.24, 2.45) is 0 Å². The number of halogens is 3. The van der Waals surface area contributed by atoms with Gasteiger partial charge in [-0.3, -0.25) is 9.69 Å². The number of hydrogen-bond donors (Lipinski definition) is 1. The van der Waals surface area contributed by atoms with E-state index in [0.717, 1.165) is 21.6 Å². The Labute approximate surface area is 218 Å². The van der Waals surface area contributed by atoms with Gasteiger partial charge in [-0.1, -0.05) is 70.7 Å². The lowest BCUT2D eigenvalue weighted by atomic mass is 10.1. The summed E-state index contributed by atoms with van der Waals surface area (Å²) in [5.74, 6) is 0.287. The topological polar surface area (TPSA) is 67.9 Å². The summed E-state index contributed by atoms with van der Waals surface area (Å²) in [4.78, 5) is 26.5. The Balaban J connectivity index is 1.53. The largest absolute Gasteiger partial charge is 0.493 e. The Morgan fingerprint density at radius 3 is 2.46 bits per heavy atom. The Bertz CT molecular complexity index is 1340. The second-order valence-corrected chi connectivity index (χ2v) is 9.16. The standard InChI is InChI=1S/C26H21Cl3N2O4/c1-15-4-3-5-16(8-15)13-31-25(32)22(30-26(31)33)11-18-10-21(29)24(23(12-18)34-2)35-14-17-6-7-19(27)20(28)9-17/h3-12H,13-14H2,1-2H3,(H,30,33)/b22-11+. The number of urea groups is 1. The van der Waals surface area contributed by atoms with E-state index in [1.54, 1.807) is 36.4 Å². The van der Waals surface area contributed by atoms with Gasteiger partial charge in [-0.25, -0.2) is 4.79 Å². The molecular formula is C26H21Cl3N2O4. The van der Waals surface area contributed by atoms with E-state index in [2.05, 4.69) is 5.32 Å². The van der Waals surface area contributed by atoms with Crippen molar-refractivity contribution in [3.8, 4) is 11.5 Å². The molecule has 1 fully saturated rings. The molecule has 3 aromatic carbocycles. The molecule has 0 radical (unpaired) electrons. The minimum atomic E-state index is -0.484. The number of methoxy groups -OCH3 is 1. The zero-order chi connectivity index (χ0) is 25.1. The van der Waals surface area contributed by atoms with Gasteiger partial charge in [0.1, 0.15) is 12.3 Å². The van der Waals surface area contributed by atoms with Gasteiger partial charge in [-0.05, 0) is 54.0 Å². The number of aryl methyl sites for hydroxylation is 1. The van der Waals surface area contributed by atoms with E-state index in [4.69, 9.17) is 44.3 Å². The average molecular weight is 532 g/mol. The second-order valence-electron chi connectivity index (χ2n) is 7.94. The number of nitrogens with one attached hydrogen (secondary N) is 1. The third-order valence-corrected chi connectivity index (χ3v) is 6.34. The molecule has 0 bridgehead atoms. The zero-order valence-electron chi connectivity index (χ0n) is 18.9. The number of carbonyl (C=O) groups excluding carboxylic acids is 2. The second kappa shape index (κ2) is 10.6. The summed E-state index contributed by atoms with van der Waals surface area (Å²) in [6, 6.07) is 15.7. The van der Waals surface area contributed by atoms with Crippen LogP contribution in [0.3, 0.4) is 0 Å². The fraction of sp³-hybridized carbons (Fsp3) is 0.154. The number of ether oxygens (including phenoxy) is 2. The molecule has 0 atom stereocenters. The highest BCUT2D eigenvalue weighted by molar-refractivity contribution is 6.42. The van der Waals surface area contributed by atoms with E-state index in [9.17, 15) is 9.59 Å². The van der Waals surface area contributed by atoms with E-state index in [0.29, 0.717) is 27.1 Å². The minimum Gasteiger partial charge on any atom is -0.493 e. The van der Waals surface area contributed by atoms with Gasteiger partial charge in [0, 0.05) is 0 Å². The van der Waals surface area contributed by atoms with E-state index in [-0.39, 0.29) is 23.9 Å². The van der Waals surface area contributed by atoms with Crippen LogP contribution in [0, 0.1) is 6.92 Å². The highest BCUT2D eigenvalue weighted by Gasteiger charge is 2.33. The van der Waals surface area contributed by atoms with Gasteiger partial charge in [-0.2, -0.15) is 0 Å². The van der Waals surface area contributed by atoms with Crippen molar-refractivity contribution in [2.75, 3.05) is 7.11 Å². The van der Waals surface area contributed by atoms with Crippen LogP contribution in [0.5, 0.6) is 11.5 Å². The van der Waals surface area contributed by atoms with Crippen molar-refractivity contribution in [2.45, 2.75) is 20.1 Å². The predicted molar refractivity (Wildman–Crippen MR) is 137 cm³/mol. The first-order chi connectivity index (χ1) is 16.7. The van der Waals surface area contributed by atoms with Crippen LogP contribution in [0.25, 0.3) is 6.08 Å². The molecule has 6 nitrogen and oxygen atoms in total. The maximum absolute atomic E-state index is 12.9. The molecule has 1 heterocycles. The molecule has 35 heavy (non-hydrogen) atoms. The number of benzene rings is 3. The molecule has 4 rings (SSSR count). The molecule has 0 unspecified atom stereocenters. The van der Waals surface area contributed by atoms with Gasteiger partial charge in [0.05, 0.1) is 28.7 Å². The van der Waals surface area contributed by atoms with Crippen molar-refractivity contribution >= 4 is 52.8 Å².